The normalized spacial score (nSPS) is 11.0. The molecule has 7 nitrogen and oxygen atoms in total. The highest BCUT2D eigenvalue weighted by atomic mass is 15.1. The van der Waals surface area contributed by atoms with Crippen LogP contribution in [0.5, 0.6) is 0 Å². The van der Waals surface area contributed by atoms with Crippen molar-refractivity contribution < 1.29 is 0 Å². The van der Waals surface area contributed by atoms with Crippen LogP contribution in [0.15, 0.2) is 49.1 Å². The van der Waals surface area contributed by atoms with Gasteiger partial charge in [0.25, 0.3) is 0 Å². The van der Waals surface area contributed by atoms with E-state index >= 15 is 0 Å². The van der Waals surface area contributed by atoms with Gasteiger partial charge in [0.15, 0.2) is 0 Å². The molecule has 0 spiro atoms. The number of rotatable bonds is 2. The van der Waals surface area contributed by atoms with Crippen LogP contribution in [0.4, 0.5) is 5.82 Å². The van der Waals surface area contributed by atoms with Gasteiger partial charge in [-0.2, -0.15) is 4.98 Å². The highest BCUT2D eigenvalue weighted by Crippen LogP contribution is 2.30. The van der Waals surface area contributed by atoms with Gasteiger partial charge in [0.2, 0.25) is 5.78 Å². The van der Waals surface area contributed by atoms with Crippen molar-refractivity contribution in [3.63, 3.8) is 0 Å². The van der Waals surface area contributed by atoms with Crippen molar-refractivity contribution in [2.75, 3.05) is 5.73 Å². The molecule has 2 N–H and O–H groups in total. The van der Waals surface area contributed by atoms with E-state index in [0.29, 0.717) is 17.3 Å². The predicted molar refractivity (Wildman–Crippen MR) is 86.4 cm³/mol. The van der Waals surface area contributed by atoms with Crippen LogP contribution in [0.2, 0.25) is 0 Å². The molecule has 0 saturated heterocycles. The summed E-state index contributed by atoms with van der Waals surface area (Å²) in [6, 6.07) is 9.38. The van der Waals surface area contributed by atoms with Gasteiger partial charge in [0.1, 0.15) is 23.5 Å². The number of nitrogens with two attached hydrogens (primary N) is 1. The SMILES string of the molecule is Cc1cccc(-c2nc3nc(N)ccn3c2-c2ccncn2)n1. The number of nitrogen functional groups attached to an aromatic ring is 1. The lowest BCUT2D eigenvalue weighted by Gasteiger charge is -2.04. The summed E-state index contributed by atoms with van der Waals surface area (Å²) in [5.74, 6) is 0.928. The summed E-state index contributed by atoms with van der Waals surface area (Å²) in [6.45, 7) is 1.94. The van der Waals surface area contributed by atoms with Gasteiger partial charge in [-0.25, -0.2) is 15.0 Å². The van der Waals surface area contributed by atoms with E-state index < -0.39 is 0 Å². The second-order valence-corrected chi connectivity index (χ2v) is 5.09. The second-order valence-electron chi connectivity index (χ2n) is 5.09. The van der Waals surface area contributed by atoms with E-state index in [0.717, 1.165) is 22.8 Å². The maximum Gasteiger partial charge on any atom is 0.236 e. The lowest BCUT2D eigenvalue weighted by Crippen LogP contribution is -1.96. The maximum atomic E-state index is 5.78. The van der Waals surface area contributed by atoms with E-state index in [1.165, 1.54) is 6.33 Å². The molecule has 0 aliphatic carbocycles. The molecule has 0 amide bonds. The van der Waals surface area contributed by atoms with Gasteiger partial charge in [-0.3, -0.25) is 9.38 Å². The van der Waals surface area contributed by atoms with Crippen molar-refractivity contribution in [2.24, 2.45) is 0 Å². The minimum Gasteiger partial charge on any atom is -0.384 e. The van der Waals surface area contributed by atoms with Crippen molar-refractivity contribution in [1.82, 2.24) is 29.3 Å². The largest absolute Gasteiger partial charge is 0.384 e. The molecule has 7 heteroatoms. The van der Waals surface area contributed by atoms with Crippen LogP contribution < -0.4 is 5.73 Å². The Morgan fingerprint density at radius 3 is 2.70 bits per heavy atom. The molecular formula is C16H13N7. The molecule has 0 radical (unpaired) electrons. The second kappa shape index (κ2) is 5.13. The molecule has 0 atom stereocenters. The molecule has 0 aliphatic heterocycles. The lowest BCUT2D eigenvalue weighted by atomic mass is 10.1. The number of pyridine rings is 1. The molecule has 0 bridgehead atoms. The van der Waals surface area contributed by atoms with Crippen LogP contribution in [-0.4, -0.2) is 29.3 Å². The monoisotopic (exact) mass is 303 g/mol. The van der Waals surface area contributed by atoms with Gasteiger partial charge in [-0.1, -0.05) is 6.07 Å². The average Bonchev–Trinajstić information content (AvgIpc) is 2.94. The molecule has 112 valence electrons. The smallest absolute Gasteiger partial charge is 0.236 e. The minimum absolute atomic E-state index is 0.417. The first-order valence-corrected chi connectivity index (χ1v) is 7.07. The highest BCUT2D eigenvalue weighted by Gasteiger charge is 2.18. The number of fused-ring (bicyclic) bond motifs is 1. The topological polar surface area (TPSA) is 94.9 Å². The summed E-state index contributed by atoms with van der Waals surface area (Å²) in [5, 5.41) is 0. The molecular weight excluding hydrogens is 290 g/mol. The third-order valence-electron chi connectivity index (χ3n) is 3.47. The Balaban J connectivity index is 2.07. The van der Waals surface area contributed by atoms with Crippen LogP contribution in [0.3, 0.4) is 0 Å². The zero-order valence-corrected chi connectivity index (χ0v) is 12.4. The number of aromatic nitrogens is 6. The van der Waals surface area contributed by atoms with Crippen LogP contribution in [-0.2, 0) is 0 Å². The van der Waals surface area contributed by atoms with Gasteiger partial charge in [0.05, 0.1) is 11.4 Å². The van der Waals surface area contributed by atoms with Gasteiger partial charge in [0, 0.05) is 18.1 Å². The molecule has 4 aromatic rings. The zero-order valence-electron chi connectivity index (χ0n) is 12.4. The number of hydrogen-bond donors (Lipinski definition) is 1. The van der Waals surface area contributed by atoms with Gasteiger partial charge < -0.3 is 5.73 Å². The van der Waals surface area contributed by atoms with E-state index in [2.05, 4.69) is 24.9 Å². The van der Waals surface area contributed by atoms with Gasteiger partial charge in [-0.15, -0.1) is 0 Å². The van der Waals surface area contributed by atoms with E-state index in [1.54, 1.807) is 12.3 Å². The molecule has 4 rings (SSSR count). The predicted octanol–water partition coefficient (Wildman–Crippen LogP) is 2.14. The van der Waals surface area contributed by atoms with Crippen molar-refractivity contribution >= 4 is 11.6 Å². The van der Waals surface area contributed by atoms with Crippen LogP contribution >= 0.6 is 0 Å². The Hall–Kier alpha value is -3.35. The Morgan fingerprint density at radius 2 is 1.91 bits per heavy atom. The van der Waals surface area contributed by atoms with Crippen LogP contribution in [0.1, 0.15) is 5.69 Å². The molecule has 23 heavy (non-hydrogen) atoms. The Labute approximate surface area is 131 Å². The third kappa shape index (κ3) is 2.28. The van der Waals surface area contributed by atoms with E-state index in [4.69, 9.17) is 5.73 Å². The van der Waals surface area contributed by atoms with E-state index in [1.807, 2.05) is 41.8 Å². The number of hydrogen-bond acceptors (Lipinski definition) is 6. The van der Waals surface area contributed by atoms with Crippen molar-refractivity contribution in [2.45, 2.75) is 6.92 Å². The van der Waals surface area contributed by atoms with Gasteiger partial charge in [-0.05, 0) is 31.2 Å². The van der Waals surface area contributed by atoms with E-state index in [-0.39, 0.29) is 0 Å². The first-order chi connectivity index (χ1) is 11.2. The van der Waals surface area contributed by atoms with Crippen LogP contribution in [0.25, 0.3) is 28.6 Å². The summed E-state index contributed by atoms with van der Waals surface area (Å²) >= 11 is 0. The fraction of sp³-hybridized carbons (Fsp3) is 0.0625. The Bertz CT molecular complexity index is 992. The summed E-state index contributed by atoms with van der Waals surface area (Å²) < 4.78 is 1.86. The fourth-order valence-corrected chi connectivity index (χ4v) is 2.47. The van der Waals surface area contributed by atoms with Crippen molar-refractivity contribution in [3.05, 3.63) is 54.7 Å². The number of nitrogens with zero attached hydrogens (tertiary/aromatic N) is 6. The number of anilines is 1. The molecule has 0 saturated carbocycles. The standard InChI is InChI=1S/C16H13N7/c1-10-3-2-4-11(20-10)14-15(12-5-7-18-9-19-12)23-8-6-13(17)21-16(23)22-14/h2-9H,1H3,(H2,17,21,22). The van der Waals surface area contributed by atoms with Crippen molar-refractivity contribution in [3.8, 4) is 22.8 Å². The molecule has 0 fully saturated rings. The Kier molecular flexibility index (Phi) is 2.97. The molecule has 4 aromatic heterocycles. The molecule has 0 unspecified atom stereocenters. The van der Waals surface area contributed by atoms with E-state index in [9.17, 15) is 0 Å². The summed E-state index contributed by atoms with van der Waals surface area (Å²) in [4.78, 5) is 21.8. The minimum atomic E-state index is 0.417. The molecule has 0 aromatic carbocycles. The van der Waals surface area contributed by atoms with Crippen molar-refractivity contribution in [1.29, 1.82) is 0 Å². The third-order valence-corrected chi connectivity index (χ3v) is 3.47. The average molecular weight is 303 g/mol. The fourth-order valence-electron chi connectivity index (χ4n) is 2.47. The maximum absolute atomic E-state index is 5.78. The quantitative estimate of drug-likeness (QED) is 0.609. The summed E-state index contributed by atoms with van der Waals surface area (Å²) in [7, 11) is 0. The Morgan fingerprint density at radius 1 is 1.00 bits per heavy atom. The first-order valence-electron chi connectivity index (χ1n) is 7.07. The summed E-state index contributed by atoms with van der Waals surface area (Å²) in [5.41, 5.74) is 9.74. The molecule has 4 heterocycles. The highest BCUT2D eigenvalue weighted by molar-refractivity contribution is 5.78. The first kappa shape index (κ1) is 13.3. The summed E-state index contributed by atoms with van der Waals surface area (Å²) in [6.07, 6.45) is 5.04. The number of aryl methyl sites for hydroxylation is 1. The molecule has 0 aliphatic rings. The van der Waals surface area contributed by atoms with Gasteiger partial charge >= 0.3 is 0 Å². The zero-order chi connectivity index (χ0) is 15.8. The number of imidazole rings is 1. The van der Waals surface area contributed by atoms with Crippen LogP contribution in [0, 0.1) is 6.92 Å². The lowest BCUT2D eigenvalue weighted by molar-refractivity contribution is 1.09.